The van der Waals surface area contributed by atoms with Gasteiger partial charge in [0.1, 0.15) is 12.9 Å². The number of hydrogen-bond acceptors (Lipinski definition) is 6. The smallest absolute Gasteiger partial charge is 0.312 e. The van der Waals surface area contributed by atoms with E-state index in [-0.39, 0.29) is 18.0 Å². The van der Waals surface area contributed by atoms with E-state index in [2.05, 4.69) is 5.10 Å². The summed E-state index contributed by atoms with van der Waals surface area (Å²) in [5, 5.41) is 4.19. The Balaban J connectivity index is 1.87. The van der Waals surface area contributed by atoms with E-state index in [0.29, 0.717) is 12.4 Å². The summed E-state index contributed by atoms with van der Waals surface area (Å²) in [5.74, 6) is 0.277. The Bertz CT molecular complexity index is 1030. The fourth-order valence-corrected chi connectivity index (χ4v) is 2.52. The normalized spacial score (nSPS) is 11.4. The molecule has 0 N–H and O–H groups in total. The van der Waals surface area contributed by atoms with Crippen molar-refractivity contribution in [1.29, 1.82) is 0 Å². The number of ether oxygens (including phenoxy) is 3. The lowest BCUT2D eigenvalue weighted by molar-refractivity contribution is -0.157. The third kappa shape index (κ3) is 4.00. The van der Waals surface area contributed by atoms with Crippen LogP contribution in [0.2, 0.25) is 0 Å². The van der Waals surface area contributed by atoms with Gasteiger partial charge < -0.3 is 14.2 Å². The van der Waals surface area contributed by atoms with Crippen LogP contribution in [-0.2, 0) is 22.9 Å². The van der Waals surface area contributed by atoms with Crippen LogP contribution in [0, 0.1) is 5.41 Å². The van der Waals surface area contributed by atoms with Crippen LogP contribution in [0.15, 0.2) is 47.7 Å². The van der Waals surface area contributed by atoms with Crippen LogP contribution in [0.3, 0.4) is 0 Å². The summed E-state index contributed by atoms with van der Waals surface area (Å²) in [6.07, 6.45) is 2.90. The maximum Gasteiger partial charge on any atom is 0.312 e. The standard InChI is InChI=1S/C20H23N3O5/c1-20(2,3)19(25)28-13-22-12-21-23-10-15(17(26-4)16(23)18(22)24)27-11-14-8-6-5-7-9-14/h5-10,12H,11,13H2,1-4H3. The van der Waals surface area contributed by atoms with Crippen LogP contribution in [0.4, 0.5) is 0 Å². The van der Waals surface area contributed by atoms with Gasteiger partial charge in [-0.1, -0.05) is 30.3 Å². The fraction of sp³-hybridized carbons (Fsp3) is 0.350. The van der Waals surface area contributed by atoms with Gasteiger partial charge >= 0.3 is 5.97 Å². The Morgan fingerprint density at radius 3 is 2.54 bits per heavy atom. The first-order valence-corrected chi connectivity index (χ1v) is 8.80. The lowest BCUT2D eigenvalue weighted by Crippen LogP contribution is -2.29. The molecule has 3 aromatic rings. The highest BCUT2D eigenvalue weighted by molar-refractivity contribution is 5.75. The molecule has 0 radical (unpaired) electrons. The maximum atomic E-state index is 12.8. The molecule has 2 heterocycles. The van der Waals surface area contributed by atoms with Crippen molar-refractivity contribution in [2.24, 2.45) is 5.41 Å². The van der Waals surface area contributed by atoms with Crippen LogP contribution < -0.4 is 15.0 Å². The number of aromatic nitrogens is 3. The molecule has 3 rings (SSSR count). The first-order valence-electron chi connectivity index (χ1n) is 8.80. The molecule has 0 aliphatic rings. The summed E-state index contributed by atoms with van der Waals surface area (Å²) < 4.78 is 19.0. The molecule has 0 aliphatic carbocycles. The van der Waals surface area contributed by atoms with Crippen molar-refractivity contribution in [2.45, 2.75) is 34.1 Å². The van der Waals surface area contributed by atoms with Gasteiger partial charge in [-0.05, 0) is 26.3 Å². The van der Waals surface area contributed by atoms with Gasteiger partial charge in [0.15, 0.2) is 23.7 Å². The second-order valence-electron chi connectivity index (χ2n) is 7.31. The fourth-order valence-electron chi connectivity index (χ4n) is 2.52. The zero-order valence-corrected chi connectivity index (χ0v) is 16.3. The molecular weight excluding hydrogens is 362 g/mol. The Morgan fingerprint density at radius 2 is 1.89 bits per heavy atom. The molecule has 0 bridgehead atoms. The zero-order valence-electron chi connectivity index (χ0n) is 16.3. The predicted octanol–water partition coefficient (Wildman–Crippen LogP) is 2.63. The van der Waals surface area contributed by atoms with Crippen molar-refractivity contribution < 1.29 is 19.0 Å². The number of esters is 1. The number of benzene rings is 1. The van der Waals surface area contributed by atoms with Crippen molar-refractivity contribution in [2.75, 3.05) is 7.11 Å². The minimum atomic E-state index is -0.660. The van der Waals surface area contributed by atoms with Crippen molar-refractivity contribution in [1.82, 2.24) is 14.2 Å². The predicted molar refractivity (Wildman–Crippen MR) is 102 cm³/mol. The summed E-state index contributed by atoms with van der Waals surface area (Å²) in [7, 11) is 1.46. The first kappa shape index (κ1) is 19.5. The quantitative estimate of drug-likeness (QED) is 0.607. The Hall–Kier alpha value is -3.29. The minimum Gasteiger partial charge on any atom is -0.491 e. The minimum absolute atomic E-state index is 0.208. The summed E-state index contributed by atoms with van der Waals surface area (Å²) in [6, 6.07) is 9.65. The summed E-state index contributed by atoms with van der Waals surface area (Å²) in [5.41, 5.74) is 0.133. The van der Waals surface area contributed by atoms with E-state index in [4.69, 9.17) is 14.2 Å². The monoisotopic (exact) mass is 385 g/mol. The number of nitrogens with zero attached hydrogens (tertiary/aromatic N) is 3. The Morgan fingerprint density at radius 1 is 1.18 bits per heavy atom. The van der Waals surface area contributed by atoms with Gasteiger partial charge in [0.05, 0.1) is 18.7 Å². The number of rotatable bonds is 6. The van der Waals surface area contributed by atoms with Gasteiger partial charge in [0, 0.05) is 0 Å². The van der Waals surface area contributed by atoms with E-state index in [9.17, 15) is 9.59 Å². The lowest BCUT2D eigenvalue weighted by Gasteiger charge is -2.16. The van der Waals surface area contributed by atoms with Crippen LogP contribution in [-0.4, -0.2) is 27.3 Å². The molecule has 2 aromatic heterocycles. The lowest BCUT2D eigenvalue weighted by atomic mass is 9.98. The number of methoxy groups -OCH3 is 1. The third-order valence-corrected chi connectivity index (χ3v) is 4.07. The van der Waals surface area contributed by atoms with E-state index < -0.39 is 16.9 Å². The van der Waals surface area contributed by atoms with Gasteiger partial charge in [-0.2, -0.15) is 5.10 Å². The number of carbonyl (C=O) groups excluding carboxylic acids is 1. The van der Waals surface area contributed by atoms with Crippen LogP contribution in [0.25, 0.3) is 5.52 Å². The van der Waals surface area contributed by atoms with Crippen LogP contribution >= 0.6 is 0 Å². The molecule has 148 valence electrons. The highest BCUT2D eigenvalue weighted by Crippen LogP contribution is 2.32. The zero-order chi connectivity index (χ0) is 20.3. The largest absolute Gasteiger partial charge is 0.491 e. The molecule has 8 nitrogen and oxygen atoms in total. The molecule has 0 saturated heterocycles. The highest BCUT2D eigenvalue weighted by Gasteiger charge is 2.24. The summed E-state index contributed by atoms with van der Waals surface area (Å²) in [4.78, 5) is 24.8. The highest BCUT2D eigenvalue weighted by atomic mass is 16.5. The SMILES string of the molecule is COc1c(OCc2ccccc2)cn2ncn(COC(=O)C(C)(C)C)c(=O)c12. The molecule has 0 saturated carbocycles. The Labute approximate surface area is 162 Å². The van der Waals surface area contributed by atoms with E-state index in [1.165, 1.54) is 22.5 Å². The first-order chi connectivity index (χ1) is 13.3. The molecule has 0 amide bonds. The second-order valence-corrected chi connectivity index (χ2v) is 7.31. The molecule has 0 unspecified atom stereocenters. The van der Waals surface area contributed by atoms with Gasteiger partial charge in [0.25, 0.3) is 5.56 Å². The summed E-state index contributed by atoms with van der Waals surface area (Å²) in [6.45, 7) is 5.32. The molecular formula is C20H23N3O5. The number of hydrogen-bond donors (Lipinski definition) is 0. The van der Waals surface area contributed by atoms with Crippen molar-refractivity contribution in [3.05, 3.63) is 58.8 Å². The Kier molecular flexibility index (Phi) is 5.39. The van der Waals surface area contributed by atoms with E-state index in [0.717, 1.165) is 5.56 Å². The van der Waals surface area contributed by atoms with Gasteiger partial charge in [-0.25, -0.2) is 4.52 Å². The third-order valence-electron chi connectivity index (χ3n) is 4.07. The molecule has 0 aliphatic heterocycles. The van der Waals surface area contributed by atoms with Crippen molar-refractivity contribution >= 4 is 11.5 Å². The molecule has 8 heteroatoms. The second kappa shape index (κ2) is 7.75. The number of carbonyl (C=O) groups is 1. The van der Waals surface area contributed by atoms with Gasteiger partial charge in [-0.3, -0.25) is 14.2 Å². The molecule has 0 fully saturated rings. The van der Waals surface area contributed by atoms with Crippen molar-refractivity contribution in [3.63, 3.8) is 0 Å². The molecule has 0 spiro atoms. The molecule has 0 atom stereocenters. The van der Waals surface area contributed by atoms with Gasteiger partial charge in [-0.15, -0.1) is 0 Å². The van der Waals surface area contributed by atoms with Crippen LogP contribution in [0.1, 0.15) is 26.3 Å². The molecule has 28 heavy (non-hydrogen) atoms. The van der Waals surface area contributed by atoms with Crippen LogP contribution in [0.5, 0.6) is 11.5 Å². The van der Waals surface area contributed by atoms with E-state index in [1.54, 1.807) is 27.0 Å². The van der Waals surface area contributed by atoms with E-state index >= 15 is 0 Å². The van der Waals surface area contributed by atoms with Crippen molar-refractivity contribution in [3.8, 4) is 11.5 Å². The van der Waals surface area contributed by atoms with Gasteiger partial charge in [0.2, 0.25) is 0 Å². The molecule has 1 aromatic carbocycles. The topological polar surface area (TPSA) is 84.1 Å². The van der Waals surface area contributed by atoms with E-state index in [1.807, 2.05) is 30.3 Å². The number of fused-ring (bicyclic) bond motifs is 1. The average molecular weight is 385 g/mol. The average Bonchev–Trinajstić information content (AvgIpc) is 3.04. The summed E-state index contributed by atoms with van der Waals surface area (Å²) >= 11 is 0. The maximum absolute atomic E-state index is 12.8.